The van der Waals surface area contributed by atoms with Gasteiger partial charge >= 0.3 is 5.97 Å². The van der Waals surface area contributed by atoms with Crippen LogP contribution in [0.4, 0.5) is 0 Å². The largest absolute Gasteiger partial charge is 0.484 e. The van der Waals surface area contributed by atoms with Gasteiger partial charge in [-0.15, -0.1) is 0 Å². The standard InChI is InChI=1S/C12H15NO4/c1-2-10(12(15)16)13-11(14)8-17-9-6-4-3-5-7-9/h3-7,10H,2,8H2,1H3,(H,13,14)(H,15,16)/t10-/m1/s1. The normalized spacial score (nSPS) is 11.6. The lowest BCUT2D eigenvalue weighted by atomic mass is 10.2. The zero-order valence-corrected chi connectivity index (χ0v) is 9.55. The maximum Gasteiger partial charge on any atom is 0.326 e. The first-order valence-corrected chi connectivity index (χ1v) is 5.33. The zero-order valence-electron chi connectivity index (χ0n) is 9.55. The van der Waals surface area contributed by atoms with E-state index in [1.165, 1.54) is 0 Å². The molecule has 5 heteroatoms. The molecule has 0 heterocycles. The second-order valence-corrected chi connectivity index (χ2v) is 3.47. The Hall–Kier alpha value is -2.04. The highest BCUT2D eigenvalue weighted by Gasteiger charge is 2.17. The van der Waals surface area contributed by atoms with Crippen LogP contribution in [-0.4, -0.2) is 29.6 Å². The van der Waals surface area contributed by atoms with Crippen molar-refractivity contribution in [1.29, 1.82) is 0 Å². The molecular weight excluding hydrogens is 222 g/mol. The van der Waals surface area contributed by atoms with Crippen molar-refractivity contribution < 1.29 is 19.4 Å². The number of rotatable bonds is 6. The van der Waals surface area contributed by atoms with Crippen LogP contribution < -0.4 is 10.1 Å². The van der Waals surface area contributed by atoms with E-state index >= 15 is 0 Å². The van der Waals surface area contributed by atoms with E-state index in [0.29, 0.717) is 12.2 Å². The second-order valence-electron chi connectivity index (χ2n) is 3.47. The minimum atomic E-state index is -1.04. The summed E-state index contributed by atoms with van der Waals surface area (Å²) >= 11 is 0. The topological polar surface area (TPSA) is 75.6 Å². The van der Waals surface area contributed by atoms with Gasteiger partial charge in [0, 0.05) is 0 Å². The predicted molar refractivity (Wildman–Crippen MR) is 61.8 cm³/mol. The highest BCUT2D eigenvalue weighted by atomic mass is 16.5. The fourth-order valence-electron chi connectivity index (χ4n) is 1.24. The van der Waals surface area contributed by atoms with Crippen LogP contribution in [0.25, 0.3) is 0 Å². The summed E-state index contributed by atoms with van der Waals surface area (Å²) in [7, 11) is 0. The number of carbonyl (C=O) groups is 2. The van der Waals surface area contributed by atoms with E-state index < -0.39 is 17.9 Å². The van der Waals surface area contributed by atoms with Gasteiger partial charge in [-0.2, -0.15) is 0 Å². The Balaban J connectivity index is 2.37. The third kappa shape index (κ3) is 4.55. The number of amides is 1. The lowest BCUT2D eigenvalue weighted by molar-refractivity contribution is -0.142. The molecule has 0 saturated heterocycles. The van der Waals surface area contributed by atoms with Gasteiger partial charge in [0.05, 0.1) is 0 Å². The van der Waals surface area contributed by atoms with E-state index in [2.05, 4.69) is 5.32 Å². The smallest absolute Gasteiger partial charge is 0.326 e. The van der Waals surface area contributed by atoms with E-state index in [9.17, 15) is 9.59 Å². The van der Waals surface area contributed by atoms with Crippen molar-refractivity contribution in [3.8, 4) is 5.75 Å². The first-order chi connectivity index (χ1) is 8.13. The molecule has 1 aromatic rings. The molecule has 5 nitrogen and oxygen atoms in total. The van der Waals surface area contributed by atoms with Gasteiger partial charge < -0.3 is 15.2 Å². The molecule has 0 unspecified atom stereocenters. The number of carboxylic acid groups (broad SMARTS) is 1. The van der Waals surface area contributed by atoms with Gasteiger partial charge in [-0.25, -0.2) is 4.79 Å². The van der Waals surface area contributed by atoms with E-state index in [1.807, 2.05) is 6.07 Å². The van der Waals surface area contributed by atoms with Crippen LogP contribution in [0.5, 0.6) is 5.75 Å². The number of carbonyl (C=O) groups excluding carboxylic acids is 1. The Kier molecular flexibility index (Phi) is 5.00. The molecule has 1 aromatic carbocycles. The maximum atomic E-state index is 11.4. The van der Waals surface area contributed by atoms with E-state index in [1.54, 1.807) is 31.2 Å². The van der Waals surface area contributed by atoms with Crippen LogP contribution in [0.1, 0.15) is 13.3 Å². The van der Waals surface area contributed by atoms with Gasteiger partial charge in [0.2, 0.25) is 0 Å². The summed E-state index contributed by atoms with van der Waals surface area (Å²) in [6.45, 7) is 1.50. The second kappa shape index (κ2) is 6.52. The van der Waals surface area contributed by atoms with E-state index in [0.717, 1.165) is 0 Å². The molecule has 0 spiro atoms. The number of hydrogen-bond acceptors (Lipinski definition) is 3. The van der Waals surface area contributed by atoms with E-state index in [4.69, 9.17) is 9.84 Å². The molecule has 2 N–H and O–H groups in total. The number of nitrogens with one attached hydrogen (secondary N) is 1. The predicted octanol–water partition coefficient (Wildman–Crippen LogP) is 1.04. The van der Waals surface area contributed by atoms with Crippen molar-refractivity contribution >= 4 is 11.9 Å². The van der Waals surface area contributed by atoms with E-state index in [-0.39, 0.29) is 6.61 Å². The average molecular weight is 237 g/mol. The van der Waals surface area contributed by atoms with Crippen molar-refractivity contribution in [3.05, 3.63) is 30.3 Å². The molecule has 0 fully saturated rings. The molecule has 0 radical (unpaired) electrons. The zero-order chi connectivity index (χ0) is 12.7. The minimum Gasteiger partial charge on any atom is -0.484 e. The number of benzene rings is 1. The van der Waals surface area contributed by atoms with Gasteiger partial charge in [-0.05, 0) is 18.6 Å². The fourth-order valence-corrected chi connectivity index (χ4v) is 1.24. The number of para-hydroxylation sites is 1. The Bertz CT molecular complexity index is 377. The Morgan fingerprint density at radius 2 is 2.00 bits per heavy atom. The van der Waals surface area contributed by atoms with Crippen LogP contribution >= 0.6 is 0 Å². The van der Waals surface area contributed by atoms with Crippen LogP contribution in [0.3, 0.4) is 0 Å². The van der Waals surface area contributed by atoms with Gasteiger partial charge in [-0.1, -0.05) is 25.1 Å². The van der Waals surface area contributed by atoms with Gasteiger partial charge in [-0.3, -0.25) is 4.79 Å². The molecule has 92 valence electrons. The third-order valence-corrected chi connectivity index (χ3v) is 2.15. The van der Waals surface area contributed by atoms with Crippen molar-refractivity contribution in [2.24, 2.45) is 0 Å². The monoisotopic (exact) mass is 237 g/mol. The molecule has 0 saturated carbocycles. The average Bonchev–Trinajstić information content (AvgIpc) is 2.34. The quantitative estimate of drug-likeness (QED) is 0.775. The molecule has 17 heavy (non-hydrogen) atoms. The molecule has 1 amide bonds. The lowest BCUT2D eigenvalue weighted by Crippen LogP contribution is -2.42. The minimum absolute atomic E-state index is 0.187. The highest BCUT2D eigenvalue weighted by molar-refractivity contribution is 5.84. The SMILES string of the molecule is CC[C@@H](NC(=O)COc1ccccc1)C(=O)O. The van der Waals surface area contributed by atoms with Crippen LogP contribution in [-0.2, 0) is 9.59 Å². The van der Waals surface area contributed by atoms with Crippen LogP contribution in [0, 0.1) is 0 Å². The molecule has 0 aliphatic carbocycles. The molecule has 0 aromatic heterocycles. The summed E-state index contributed by atoms with van der Waals surface area (Å²) < 4.78 is 5.19. The molecule has 0 aliphatic rings. The first kappa shape index (κ1) is 13.0. The fraction of sp³-hybridized carbons (Fsp3) is 0.333. The number of hydrogen-bond donors (Lipinski definition) is 2. The summed E-state index contributed by atoms with van der Waals surface area (Å²) in [6.07, 6.45) is 0.340. The van der Waals surface area contributed by atoms with Crippen LogP contribution in [0.15, 0.2) is 30.3 Å². The summed E-state index contributed by atoms with van der Waals surface area (Å²) in [6, 6.07) is 8.01. The number of carboxylic acids is 1. The van der Waals surface area contributed by atoms with Crippen LogP contribution in [0.2, 0.25) is 0 Å². The number of aliphatic carboxylic acids is 1. The molecule has 0 bridgehead atoms. The van der Waals surface area contributed by atoms with Gasteiger partial charge in [0.15, 0.2) is 6.61 Å². The summed E-state index contributed by atoms with van der Waals surface area (Å²) in [5, 5.41) is 11.1. The third-order valence-electron chi connectivity index (χ3n) is 2.15. The van der Waals surface area contributed by atoms with Crippen molar-refractivity contribution in [3.63, 3.8) is 0 Å². The first-order valence-electron chi connectivity index (χ1n) is 5.33. The molecule has 0 aliphatic heterocycles. The summed E-state index contributed by atoms with van der Waals surface area (Å²) in [4.78, 5) is 22.1. The summed E-state index contributed by atoms with van der Waals surface area (Å²) in [5.74, 6) is -0.908. The highest BCUT2D eigenvalue weighted by Crippen LogP contribution is 2.07. The van der Waals surface area contributed by atoms with Gasteiger partial charge in [0.25, 0.3) is 5.91 Å². The molecule has 1 rings (SSSR count). The Morgan fingerprint density at radius 3 is 2.53 bits per heavy atom. The van der Waals surface area contributed by atoms with Crippen molar-refractivity contribution in [2.75, 3.05) is 6.61 Å². The Morgan fingerprint density at radius 1 is 1.35 bits per heavy atom. The van der Waals surface area contributed by atoms with Crippen molar-refractivity contribution in [1.82, 2.24) is 5.32 Å². The lowest BCUT2D eigenvalue weighted by Gasteiger charge is -2.12. The maximum absolute atomic E-state index is 11.4. The molecule has 1 atom stereocenters. The van der Waals surface area contributed by atoms with Gasteiger partial charge in [0.1, 0.15) is 11.8 Å². The Labute approximate surface area is 99.4 Å². The number of ether oxygens (including phenoxy) is 1. The molecular formula is C12H15NO4. The summed E-state index contributed by atoms with van der Waals surface area (Å²) in [5.41, 5.74) is 0. The van der Waals surface area contributed by atoms with Crippen molar-refractivity contribution in [2.45, 2.75) is 19.4 Å².